The van der Waals surface area contributed by atoms with Crippen LogP contribution in [0.5, 0.6) is 0 Å². The standard InChI is InChI=1S/C15H18ClO7P3/c1-12-6-8-14(9-7-12)25(18,19)22-24(17,11-16)23-26(20,21)15-5-3-4-13(2)10-15/h3-10H,11H2,1-2H3,(H,18,19)(H,20,21). The van der Waals surface area contributed by atoms with E-state index in [1.54, 1.807) is 32.0 Å². The molecule has 11 heteroatoms. The average Bonchev–Trinajstić information content (AvgIpc) is 2.54. The Morgan fingerprint density at radius 3 is 1.88 bits per heavy atom. The molecule has 0 amide bonds. The third-order valence-electron chi connectivity index (χ3n) is 3.30. The average molecular weight is 439 g/mol. The molecule has 142 valence electrons. The van der Waals surface area contributed by atoms with E-state index in [0.29, 0.717) is 5.56 Å². The predicted molar refractivity (Wildman–Crippen MR) is 102 cm³/mol. The van der Waals surface area contributed by atoms with Gasteiger partial charge in [0.1, 0.15) is 5.62 Å². The van der Waals surface area contributed by atoms with Crippen LogP contribution in [0.3, 0.4) is 0 Å². The van der Waals surface area contributed by atoms with Crippen LogP contribution in [0.4, 0.5) is 0 Å². The van der Waals surface area contributed by atoms with Gasteiger partial charge in [-0.05, 0) is 38.1 Å². The zero-order chi connectivity index (χ0) is 19.6. The zero-order valence-electron chi connectivity index (χ0n) is 14.0. The number of aryl methyl sites for hydroxylation is 2. The summed E-state index contributed by atoms with van der Waals surface area (Å²) in [6.45, 7) is 3.48. The fourth-order valence-corrected chi connectivity index (χ4v) is 8.17. The molecular weight excluding hydrogens is 421 g/mol. The first-order valence-electron chi connectivity index (χ1n) is 7.35. The predicted octanol–water partition coefficient (Wildman–Crippen LogP) is 4.05. The highest BCUT2D eigenvalue weighted by Crippen LogP contribution is 2.68. The van der Waals surface area contributed by atoms with E-state index in [1.807, 2.05) is 0 Å². The minimum Gasteiger partial charge on any atom is -0.321 e. The molecule has 0 spiro atoms. The number of rotatable bonds is 7. The maximum absolute atomic E-state index is 12.7. The second-order valence-corrected chi connectivity index (χ2v) is 12.2. The second kappa shape index (κ2) is 8.10. The third-order valence-corrected chi connectivity index (χ3v) is 10.1. The van der Waals surface area contributed by atoms with Crippen LogP contribution in [0.2, 0.25) is 0 Å². The first-order valence-corrected chi connectivity index (χ1v) is 12.8. The molecule has 0 aliphatic carbocycles. The van der Waals surface area contributed by atoms with Gasteiger partial charge in [0, 0.05) is 0 Å². The van der Waals surface area contributed by atoms with Crippen LogP contribution in [0.1, 0.15) is 11.1 Å². The molecule has 26 heavy (non-hydrogen) atoms. The van der Waals surface area contributed by atoms with Gasteiger partial charge in [0.15, 0.2) is 0 Å². The molecule has 7 nitrogen and oxygen atoms in total. The van der Waals surface area contributed by atoms with Gasteiger partial charge in [0.25, 0.3) is 0 Å². The van der Waals surface area contributed by atoms with Gasteiger partial charge in [-0.15, -0.1) is 11.6 Å². The van der Waals surface area contributed by atoms with Crippen molar-refractivity contribution >= 4 is 45.0 Å². The Bertz CT molecular complexity index is 929. The fourth-order valence-electron chi connectivity index (χ4n) is 2.03. The van der Waals surface area contributed by atoms with Crippen molar-refractivity contribution in [1.82, 2.24) is 0 Å². The van der Waals surface area contributed by atoms with E-state index >= 15 is 0 Å². The quantitative estimate of drug-likeness (QED) is 0.495. The Kier molecular flexibility index (Phi) is 6.71. The Morgan fingerprint density at radius 1 is 0.846 bits per heavy atom. The minimum atomic E-state index is -4.60. The number of hydrogen-bond acceptors (Lipinski definition) is 5. The van der Waals surface area contributed by atoms with E-state index in [2.05, 4.69) is 0 Å². The van der Waals surface area contributed by atoms with Crippen molar-refractivity contribution in [3.05, 3.63) is 59.7 Å². The van der Waals surface area contributed by atoms with Gasteiger partial charge in [-0.25, -0.2) is 8.62 Å². The van der Waals surface area contributed by atoms with Crippen molar-refractivity contribution in [2.24, 2.45) is 0 Å². The van der Waals surface area contributed by atoms with Crippen molar-refractivity contribution in [3.63, 3.8) is 0 Å². The second-order valence-electron chi connectivity index (χ2n) is 5.61. The third kappa shape index (κ3) is 5.39. The van der Waals surface area contributed by atoms with E-state index < -0.39 is 28.4 Å². The summed E-state index contributed by atoms with van der Waals surface area (Å²) in [6.07, 6.45) is 0. The Hall–Kier alpha value is -0.740. The first-order chi connectivity index (χ1) is 12.0. The van der Waals surface area contributed by atoms with Gasteiger partial charge < -0.3 is 9.79 Å². The molecule has 2 aromatic carbocycles. The molecule has 2 rings (SSSR count). The molecule has 0 saturated carbocycles. The molecule has 0 aliphatic rings. The maximum Gasteiger partial charge on any atom is 0.365 e. The van der Waals surface area contributed by atoms with Crippen LogP contribution < -0.4 is 10.6 Å². The highest BCUT2D eigenvalue weighted by atomic mass is 35.5. The van der Waals surface area contributed by atoms with Crippen LogP contribution in [0, 0.1) is 13.8 Å². The Balaban J connectivity index is 2.30. The van der Waals surface area contributed by atoms with Gasteiger partial charge in [-0.3, -0.25) is 13.7 Å². The molecule has 0 bridgehead atoms. The van der Waals surface area contributed by atoms with Gasteiger partial charge in [0.05, 0.1) is 10.6 Å². The summed E-state index contributed by atoms with van der Waals surface area (Å²) in [5.41, 5.74) is 0.638. The summed E-state index contributed by atoms with van der Waals surface area (Å²) < 4.78 is 47.1. The lowest BCUT2D eigenvalue weighted by molar-refractivity contribution is 0.328. The van der Waals surface area contributed by atoms with Crippen molar-refractivity contribution in [2.45, 2.75) is 13.8 Å². The molecule has 0 aliphatic heterocycles. The fraction of sp³-hybridized carbons (Fsp3) is 0.200. The molecule has 0 heterocycles. The largest absolute Gasteiger partial charge is 0.365 e. The lowest BCUT2D eigenvalue weighted by atomic mass is 10.2. The SMILES string of the molecule is Cc1ccc(P(=O)(O)OP(=O)(CCl)OP(=O)(O)c2cccc(C)c2)cc1. The van der Waals surface area contributed by atoms with Crippen LogP contribution in [0.15, 0.2) is 48.5 Å². The molecule has 2 N–H and O–H groups in total. The van der Waals surface area contributed by atoms with E-state index in [0.717, 1.165) is 5.56 Å². The number of halogens is 1. The molecule has 2 aromatic rings. The highest BCUT2D eigenvalue weighted by molar-refractivity contribution is 7.77. The lowest BCUT2D eigenvalue weighted by Gasteiger charge is -2.22. The Morgan fingerprint density at radius 2 is 1.38 bits per heavy atom. The van der Waals surface area contributed by atoms with Gasteiger partial charge >= 0.3 is 22.8 Å². The van der Waals surface area contributed by atoms with Crippen molar-refractivity contribution in [3.8, 4) is 0 Å². The monoisotopic (exact) mass is 438 g/mol. The van der Waals surface area contributed by atoms with Crippen molar-refractivity contribution in [2.75, 3.05) is 5.62 Å². The van der Waals surface area contributed by atoms with Gasteiger partial charge in [-0.1, -0.05) is 35.4 Å². The number of hydrogen-bond donors (Lipinski definition) is 2. The summed E-state index contributed by atoms with van der Waals surface area (Å²) in [4.78, 5) is 20.2. The highest BCUT2D eigenvalue weighted by Gasteiger charge is 2.42. The molecule has 3 atom stereocenters. The topological polar surface area (TPSA) is 110 Å². The molecule has 3 unspecified atom stereocenters. The zero-order valence-corrected chi connectivity index (χ0v) is 17.4. The molecule has 0 saturated heterocycles. The van der Waals surface area contributed by atoms with Crippen LogP contribution in [-0.2, 0) is 22.3 Å². The normalized spacial score (nSPS) is 18.5. The molecule has 0 aromatic heterocycles. The van der Waals surface area contributed by atoms with Crippen molar-refractivity contribution < 1.29 is 32.1 Å². The number of benzene rings is 2. The summed E-state index contributed by atoms with van der Waals surface area (Å²) in [7, 11) is -13.8. The summed E-state index contributed by atoms with van der Waals surface area (Å²) in [5, 5.41) is -0.269. The lowest BCUT2D eigenvalue weighted by Crippen LogP contribution is -2.10. The molecule has 0 fully saturated rings. The van der Waals surface area contributed by atoms with Crippen LogP contribution in [-0.4, -0.2) is 15.4 Å². The smallest absolute Gasteiger partial charge is 0.321 e. The summed E-state index contributed by atoms with van der Waals surface area (Å²) in [6, 6.07) is 11.7. The summed E-state index contributed by atoms with van der Waals surface area (Å²) in [5.74, 6) is 0. The molecule has 0 radical (unpaired) electrons. The van der Waals surface area contributed by atoms with E-state index in [1.165, 1.54) is 30.3 Å². The Labute approximate surface area is 156 Å². The van der Waals surface area contributed by atoms with Gasteiger partial charge in [0.2, 0.25) is 0 Å². The minimum absolute atomic E-state index is 0.130. The van der Waals surface area contributed by atoms with Crippen LogP contribution in [0.25, 0.3) is 0 Å². The van der Waals surface area contributed by atoms with Crippen molar-refractivity contribution in [1.29, 1.82) is 0 Å². The molecular formula is C15H18ClO7P3. The maximum atomic E-state index is 12.7. The van der Waals surface area contributed by atoms with E-state index in [9.17, 15) is 23.5 Å². The first kappa shape index (κ1) is 21.6. The van der Waals surface area contributed by atoms with E-state index in [-0.39, 0.29) is 10.6 Å². The van der Waals surface area contributed by atoms with E-state index in [4.69, 9.17) is 20.2 Å². The van der Waals surface area contributed by atoms with Gasteiger partial charge in [-0.2, -0.15) is 0 Å². The summed E-state index contributed by atoms with van der Waals surface area (Å²) >= 11 is 5.57. The van der Waals surface area contributed by atoms with Crippen LogP contribution >= 0.6 is 34.4 Å². The number of alkyl halides is 1.